The van der Waals surface area contributed by atoms with Crippen LogP contribution >= 0.6 is 11.6 Å². The van der Waals surface area contributed by atoms with Crippen molar-refractivity contribution in [2.45, 2.75) is 25.1 Å². The van der Waals surface area contributed by atoms with Crippen molar-refractivity contribution in [2.24, 2.45) is 0 Å². The van der Waals surface area contributed by atoms with E-state index in [1.807, 2.05) is 4.90 Å². The zero-order valence-electron chi connectivity index (χ0n) is 11.4. The highest BCUT2D eigenvalue weighted by atomic mass is 35.5. The lowest BCUT2D eigenvalue weighted by molar-refractivity contribution is -0.138. The van der Waals surface area contributed by atoms with Gasteiger partial charge in [0, 0.05) is 43.7 Å². The number of benzene rings is 1. The summed E-state index contributed by atoms with van der Waals surface area (Å²) in [6.45, 7) is 2.65. The first kappa shape index (κ1) is 16.5. The van der Waals surface area contributed by atoms with E-state index in [-0.39, 0.29) is 6.42 Å². The number of halogens is 5. The Hall–Kier alpha value is -0.850. The summed E-state index contributed by atoms with van der Waals surface area (Å²) < 4.78 is 51.1. The predicted octanol–water partition coefficient (Wildman–Crippen LogP) is 3.77. The summed E-state index contributed by atoms with van der Waals surface area (Å²) in [6.07, 6.45) is -5.26. The number of alkyl halides is 3. The van der Waals surface area contributed by atoms with E-state index < -0.39 is 24.5 Å². The lowest BCUT2D eigenvalue weighted by atomic mass is 9.99. The third-order valence-electron chi connectivity index (χ3n) is 3.61. The molecule has 1 heterocycles. The van der Waals surface area contributed by atoms with Crippen LogP contribution in [0.3, 0.4) is 0 Å². The first-order valence-corrected chi connectivity index (χ1v) is 7.21. The number of nitrogens with one attached hydrogen (secondary N) is 1. The fraction of sp³-hybridized carbons (Fsp3) is 0.571. The fourth-order valence-electron chi connectivity index (χ4n) is 2.60. The average Bonchev–Trinajstić information content (AvgIpc) is 2.43. The SMILES string of the molecule is Fc1ccc(Cl)c([C@@H](CCC(F)(F)F)N2CCNCC2)c1. The molecule has 0 aliphatic carbocycles. The van der Waals surface area contributed by atoms with Crippen molar-refractivity contribution in [3.8, 4) is 0 Å². The topological polar surface area (TPSA) is 15.3 Å². The zero-order chi connectivity index (χ0) is 15.5. The van der Waals surface area contributed by atoms with E-state index in [9.17, 15) is 17.6 Å². The van der Waals surface area contributed by atoms with Crippen molar-refractivity contribution in [1.29, 1.82) is 0 Å². The molecule has 1 saturated heterocycles. The second-order valence-corrected chi connectivity index (χ2v) is 5.53. The fourth-order valence-corrected chi connectivity index (χ4v) is 2.84. The molecular formula is C14H17ClF4N2. The minimum absolute atomic E-state index is 0.118. The van der Waals surface area contributed by atoms with Crippen molar-refractivity contribution in [3.05, 3.63) is 34.6 Å². The molecule has 0 unspecified atom stereocenters. The van der Waals surface area contributed by atoms with E-state index >= 15 is 0 Å². The molecule has 0 aromatic heterocycles. The van der Waals surface area contributed by atoms with Gasteiger partial charge in [-0.25, -0.2) is 4.39 Å². The normalized spacial score (nSPS) is 18.7. The van der Waals surface area contributed by atoms with Crippen molar-refractivity contribution in [2.75, 3.05) is 26.2 Å². The third kappa shape index (κ3) is 4.83. The van der Waals surface area contributed by atoms with Gasteiger partial charge in [0.15, 0.2) is 0 Å². The first-order valence-electron chi connectivity index (χ1n) is 6.83. The van der Waals surface area contributed by atoms with E-state index in [0.717, 1.165) is 0 Å². The molecule has 1 aromatic rings. The molecule has 0 saturated carbocycles. The van der Waals surface area contributed by atoms with Gasteiger partial charge < -0.3 is 5.32 Å². The van der Waals surface area contributed by atoms with E-state index in [2.05, 4.69) is 5.32 Å². The van der Waals surface area contributed by atoms with Crippen molar-refractivity contribution >= 4 is 11.6 Å². The van der Waals surface area contributed by atoms with Crippen LogP contribution in [0.1, 0.15) is 24.4 Å². The number of nitrogens with zero attached hydrogens (tertiary/aromatic N) is 1. The van der Waals surface area contributed by atoms with Gasteiger partial charge in [-0.05, 0) is 30.2 Å². The highest BCUT2D eigenvalue weighted by Gasteiger charge is 2.32. The summed E-state index contributed by atoms with van der Waals surface area (Å²) in [4.78, 5) is 1.93. The number of rotatable bonds is 4. The van der Waals surface area contributed by atoms with Gasteiger partial charge in [0.25, 0.3) is 0 Å². The molecule has 1 aliphatic heterocycles. The predicted molar refractivity (Wildman–Crippen MR) is 73.9 cm³/mol. The maximum atomic E-state index is 13.4. The van der Waals surface area contributed by atoms with Gasteiger partial charge in [-0.1, -0.05) is 11.6 Å². The lowest BCUT2D eigenvalue weighted by Gasteiger charge is -2.36. The summed E-state index contributed by atoms with van der Waals surface area (Å²) in [5.41, 5.74) is 0.433. The standard InChI is InChI=1S/C14H17ClF4N2/c15-12-2-1-10(16)9-11(12)13(3-4-14(17,18)19)21-7-5-20-6-8-21/h1-2,9,13,20H,3-8H2/t13-/m1/s1. The molecule has 0 amide bonds. The van der Waals surface area contributed by atoms with Crippen LogP contribution in [0.2, 0.25) is 5.02 Å². The first-order chi connectivity index (χ1) is 9.87. The highest BCUT2D eigenvalue weighted by Crippen LogP contribution is 2.35. The molecule has 1 N–H and O–H groups in total. The summed E-state index contributed by atoms with van der Waals surface area (Å²) in [6, 6.07) is 3.34. The molecule has 0 spiro atoms. The van der Waals surface area contributed by atoms with Gasteiger partial charge in [-0.2, -0.15) is 13.2 Å². The molecule has 1 atom stereocenters. The summed E-state index contributed by atoms with van der Waals surface area (Å²) in [7, 11) is 0. The Morgan fingerprint density at radius 3 is 2.52 bits per heavy atom. The molecule has 1 fully saturated rings. The van der Waals surface area contributed by atoms with Crippen molar-refractivity contribution < 1.29 is 17.6 Å². The molecule has 1 aromatic carbocycles. The summed E-state index contributed by atoms with van der Waals surface area (Å²) in [5.74, 6) is -0.485. The van der Waals surface area contributed by atoms with Gasteiger partial charge in [-0.3, -0.25) is 4.90 Å². The molecule has 2 nitrogen and oxygen atoms in total. The molecule has 118 valence electrons. The Morgan fingerprint density at radius 2 is 1.90 bits per heavy atom. The van der Waals surface area contributed by atoms with Crippen molar-refractivity contribution in [1.82, 2.24) is 10.2 Å². The second-order valence-electron chi connectivity index (χ2n) is 5.12. The molecule has 2 rings (SSSR count). The Bertz CT molecular complexity index is 473. The maximum Gasteiger partial charge on any atom is 0.389 e. The average molecular weight is 325 g/mol. The van der Waals surface area contributed by atoms with Crippen LogP contribution in [0.4, 0.5) is 17.6 Å². The largest absolute Gasteiger partial charge is 0.389 e. The molecule has 0 radical (unpaired) electrons. The number of piperazine rings is 1. The Labute approximate surface area is 126 Å². The molecular weight excluding hydrogens is 308 g/mol. The van der Waals surface area contributed by atoms with Gasteiger partial charge in [0.05, 0.1) is 0 Å². The number of hydrogen-bond acceptors (Lipinski definition) is 2. The smallest absolute Gasteiger partial charge is 0.314 e. The molecule has 0 bridgehead atoms. The van der Waals surface area contributed by atoms with E-state index in [0.29, 0.717) is 36.8 Å². The van der Waals surface area contributed by atoms with Gasteiger partial charge in [0.1, 0.15) is 5.82 Å². The highest BCUT2D eigenvalue weighted by molar-refractivity contribution is 6.31. The second kappa shape index (κ2) is 6.94. The maximum absolute atomic E-state index is 13.4. The lowest BCUT2D eigenvalue weighted by Crippen LogP contribution is -2.45. The quantitative estimate of drug-likeness (QED) is 0.848. The third-order valence-corrected chi connectivity index (χ3v) is 3.95. The molecule has 21 heavy (non-hydrogen) atoms. The van der Waals surface area contributed by atoms with Gasteiger partial charge in [0.2, 0.25) is 0 Å². The van der Waals surface area contributed by atoms with E-state index in [1.165, 1.54) is 18.2 Å². The Balaban J connectivity index is 2.23. The minimum Gasteiger partial charge on any atom is -0.314 e. The summed E-state index contributed by atoms with van der Waals surface area (Å²) in [5, 5.41) is 3.46. The Kier molecular flexibility index (Phi) is 5.46. The minimum atomic E-state index is -4.23. The number of hydrogen-bond donors (Lipinski definition) is 1. The Morgan fingerprint density at radius 1 is 1.24 bits per heavy atom. The van der Waals surface area contributed by atoms with Crippen LogP contribution in [-0.2, 0) is 0 Å². The van der Waals surface area contributed by atoms with Gasteiger partial charge in [-0.15, -0.1) is 0 Å². The molecule has 7 heteroatoms. The van der Waals surface area contributed by atoms with E-state index in [1.54, 1.807) is 0 Å². The van der Waals surface area contributed by atoms with Crippen LogP contribution < -0.4 is 5.32 Å². The van der Waals surface area contributed by atoms with E-state index in [4.69, 9.17) is 11.6 Å². The molecule has 1 aliphatic rings. The summed E-state index contributed by atoms with van der Waals surface area (Å²) >= 11 is 6.07. The van der Waals surface area contributed by atoms with Crippen LogP contribution in [0.25, 0.3) is 0 Å². The van der Waals surface area contributed by atoms with Crippen LogP contribution in [0, 0.1) is 5.82 Å². The zero-order valence-corrected chi connectivity index (χ0v) is 12.1. The van der Waals surface area contributed by atoms with Gasteiger partial charge >= 0.3 is 6.18 Å². The van der Waals surface area contributed by atoms with Crippen LogP contribution in [-0.4, -0.2) is 37.3 Å². The van der Waals surface area contributed by atoms with Crippen LogP contribution in [0.5, 0.6) is 0 Å². The van der Waals surface area contributed by atoms with Crippen molar-refractivity contribution in [3.63, 3.8) is 0 Å². The van der Waals surface area contributed by atoms with Crippen LogP contribution in [0.15, 0.2) is 18.2 Å². The monoisotopic (exact) mass is 324 g/mol.